The molecule has 0 unspecified atom stereocenters. The van der Waals surface area contributed by atoms with Crippen LogP contribution in [0.3, 0.4) is 0 Å². The molecule has 0 saturated heterocycles. The number of ether oxygens (including phenoxy) is 1. The Balaban J connectivity index is 1.77. The van der Waals surface area contributed by atoms with E-state index in [-0.39, 0.29) is 0 Å². The molecule has 0 aliphatic heterocycles. The van der Waals surface area contributed by atoms with Crippen molar-refractivity contribution in [3.05, 3.63) is 95.7 Å². The molecule has 3 aromatic carbocycles. The van der Waals surface area contributed by atoms with Gasteiger partial charge in [0.25, 0.3) is 0 Å². The largest absolute Gasteiger partial charge is 0.488 e. The Morgan fingerprint density at radius 1 is 1.00 bits per heavy atom. The average Bonchev–Trinajstić information content (AvgIpc) is 2.81. The van der Waals surface area contributed by atoms with E-state index in [2.05, 4.69) is 11.1 Å². The van der Waals surface area contributed by atoms with Crippen LogP contribution in [0.25, 0.3) is 22.0 Å². The summed E-state index contributed by atoms with van der Waals surface area (Å²) < 4.78 is 29.9. The van der Waals surface area contributed by atoms with Gasteiger partial charge in [-0.2, -0.15) is 5.26 Å². The van der Waals surface area contributed by atoms with E-state index in [0.717, 1.165) is 27.6 Å². The quantitative estimate of drug-likeness (QED) is 0.375. The van der Waals surface area contributed by atoms with Gasteiger partial charge < -0.3 is 4.74 Å². The smallest absolute Gasteiger partial charge is 0.156 e. The van der Waals surface area contributed by atoms with E-state index in [1.165, 1.54) is 6.26 Å². The summed E-state index contributed by atoms with van der Waals surface area (Å²) >= 11 is 0. The van der Waals surface area contributed by atoms with Crippen LogP contribution in [0.15, 0.2) is 79.0 Å². The van der Waals surface area contributed by atoms with E-state index < -0.39 is 14.6 Å². The average molecular weight is 457 g/mol. The Hall–Kier alpha value is -3.69. The van der Waals surface area contributed by atoms with Crippen LogP contribution in [-0.4, -0.2) is 19.7 Å². The van der Waals surface area contributed by atoms with Crippen LogP contribution in [0.4, 0.5) is 0 Å². The number of para-hydroxylation sites is 1. The van der Waals surface area contributed by atoms with Gasteiger partial charge >= 0.3 is 0 Å². The fourth-order valence-electron chi connectivity index (χ4n) is 3.65. The maximum Gasteiger partial charge on any atom is 0.156 e. The summed E-state index contributed by atoms with van der Waals surface area (Å²) in [5, 5.41) is 10.2. The van der Waals surface area contributed by atoms with E-state index >= 15 is 0 Å². The van der Waals surface area contributed by atoms with Gasteiger partial charge in [0.1, 0.15) is 18.4 Å². The van der Waals surface area contributed by atoms with Gasteiger partial charge in [0.05, 0.1) is 15.8 Å². The van der Waals surface area contributed by atoms with Crippen molar-refractivity contribution in [1.82, 2.24) is 4.98 Å². The molecule has 0 fully saturated rings. The third-order valence-electron chi connectivity index (χ3n) is 5.97. The number of aromatic nitrogens is 1. The van der Waals surface area contributed by atoms with E-state index in [4.69, 9.17) is 4.74 Å². The lowest BCUT2D eigenvalue weighted by molar-refractivity contribution is 0.305. The Labute approximate surface area is 194 Å². The zero-order chi connectivity index (χ0) is 23.6. The number of rotatable bonds is 6. The first-order valence-electron chi connectivity index (χ1n) is 10.5. The predicted octanol–water partition coefficient (Wildman–Crippen LogP) is 5.63. The SMILES string of the molecule is CC(C)(c1cc(-c2cccc(COc3ccccc3C#N)c2)c2ncccc2c1)S(C)(=O)=O. The Kier molecular flexibility index (Phi) is 5.92. The molecule has 0 N–H and O–H groups in total. The molecule has 5 nitrogen and oxygen atoms in total. The summed E-state index contributed by atoms with van der Waals surface area (Å²) in [7, 11) is -3.34. The number of nitrogens with zero attached hydrogens (tertiary/aromatic N) is 2. The van der Waals surface area contributed by atoms with Crippen LogP contribution in [0, 0.1) is 11.3 Å². The second kappa shape index (κ2) is 8.68. The van der Waals surface area contributed by atoms with Gasteiger partial charge in [-0.15, -0.1) is 0 Å². The van der Waals surface area contributed by atoms with E-state index in [1.54, 1.807) is 38.2 Å². The van der Waals surface area contributed by atoms with Crippen LogP contribution in [0.5, 0.6) is 5.75 Å². The highest BCUT2D eigenvalue weighted by atomic mass is 32.2. The molecule has 0 radical (unpaired) electrons. The van der Waals surface area contributed by atoms with Crippen LogP contribution in [0.1, 0.15) is 30.5 Å². The van der Waals surface area contributed by atoms with Crippen molar-refractivity contribution in [2.45, 2.75) is 25.2 Å². The molecule has 4 rings (SSSR count). The van der Waals surface area contributed by atoms with Crippen molar-refractivity contribution in [2.75, 3.05) is 6.26 Å². The van der Waals surface area contributed by atoms with Gasteiger partial charge in [-0.25, -0.2) is 8.42 Å². The lowest BCUT2D eigenvalue weighted by atomic mass is 9.93. The number of fused-ring (bicyclic) bond motifs is 1. The minimum absolute atomic E-state index is 0.298. The van der Waals surface area contributed by atoms with Crippen LogP contribution < -0.4 is 4.74 Å². The number of sulfone groups is 1. The lowest BCUT2D eigenvalue weighted by Crippen LogP contribution is -2.28. The zero-order valence-corrected chi connectivity index (χ0v) is 19.6. The first-order chi connectivity index (χ1) is 15.7. The highest BCUT2D eigenvalue weighted by Crippen LogP contribution is 2.36. The van der Waals surface area contributed by atoms with Gasteiger partial charge in [0, 0.05) is 23.4 Å². The number of pyridine rings is 1. The van der Waals surface area contributed by atoms with E-state index in [9.17, 15) is 13.7 Å². The number of nitriles is 1. The van der Waals surface area contributed by atoms with Crippen LogP contribution >= 0.6 is 0 Å². The van der Waals surface area contributed by atoms with Crippen molar-refractivity contribution in [2.24, 2.45) is 0 Å². The van der Waals surface area contributed by atoms with Crippen LogP contribution in [0.2, 0.25) is 0 Å². The highest BCUT2D eigenvalue weighted by molar-refractivity contribution is 7.91. The normalized spacial score (nSPS) is 11.8. The molecule has 0 spiro atoms. The van der Waals surface area contributed by atoms with Crippen molar-refractivity contribution < 1.29 is 13.2 Å². The highest BCUT2D eigenvalue weighted by Gasteiger charge is 2.33. The van der Waals surface area contributed by atoms with Crippen molar-refractivity contribution in [3.8, 4) is 22.9 Å². The minimum Gasteiger partial charge on any atom is -0.488 e. The first-order valence-corrected chi connectivity index (χ1v) is 12.4. The second-order valence-corrected chi connectivity index (χ2v) is 11.0. The maximum absolute atomic E-state index is 12.5. The molecule has 33 heavy (non-hydrogen) atoms. The second-order valence-electron chi connectivity index (χ2n) is 8.48. The fourth-order valence-corrected chi connectivity index (χ4v) is 4.19. The minimum atomic E-state index is -3.34. The molecule has 0 saturated carbocycles. The molecule has 6 heteroatoms. The zero-order valence-electron chi connectivity index (χ0n) is 18.7. The summed E-state index contributed by atoms with van der Waals surface area (Å²) in [6, 6.07) is 24.8. The molecule has 0 amide bonds. The number of benzene rings is 3. The van der Waals surface area contributed by atoms with Gasteiger partial charge in [-0.05, 0) is 66.9 Å². The van der Waals surface area contributed by atoms with E-state index in [1.807, 2.05) is 54.6 Å². The third-order valence-corrected chi connectivity index (χ3v) is 8.06. The molecule has 0 aliphatic rings. The molecule has 4 aromatic rings. The third kappa shape index (κ3) is 4.46. The fraction of sp³-hybridized carbons (Fsp3) is 0.185. The Morgan fingerprint density at radius 2 is 1.79 bits per heavy atom. The number of hydrogen-bond donors (Lipinski definition) is 0. The summed E-state index contributed by atoms with van der Waals surface area (Å²) in [5.41, 5.74) is 4.71. The summed E-state index contributed by atoms with van der Waals surface area (Å²) in [6.45, 7) is 3.74. The molecule has 166 valence electrons. The molecule has 0 bridgehead atoms. The van der Waals surface area contributed by atoms with Gasteiger partial charge in [0.2, 0.25) is 0 Å². The molecule has 1 heterocycles. The molecular formula is C27H24N2O3S. The van der Waals surface area contributed by atoms with Gasteiger partial charge in [0.15, 0.2) is 9.84 Å². The standard InChI is InChI=1S/C27H24N2O3S/c1-27(2,33(3,30)31)23-15-21-11-7-13-29-26(21)24(16-23)20-10-6-8-19(14-20)18-32-25-12-5-4-9-22(25)17-28/h4-16H,18H2,1-3H3. The Bertz CT molecular complexity index is 1490. The van der Waals surface area contributed by atoms with Gasteiger partial charge in [-0.3, -0.25) is 4.98 Å². The van der Waals surface area contributed by atoms with Crippen molar-refractivity contribution in [1.29, 1.82) is 5.26 Å². The Morgan fingerprint density at radius 3 is 2.55 bits per heavy atom. The topological polar surface area (TPSA) is 80.0 Å². The van der Waals surface area contributed by atoms with E-state index in [0.29, 0.717) is 23.5 Å². The monoisotopic (exact) mass is 456 g/mol. The molecule has 0 atom stereocenters. The number of hydrogen-bond acceptors (Lipinski definition) is 5. The van der Waals surface area contributed by atoms with Crippen LogP contribution in [-0.2, 0) is 21.2 Å². The molecular weight excluding hydrogens is 432 g/mol. The summed E-state index contributed by atoms with van der Waals surface area (Å²) in [4.78, 5) is 4.57. The first kappa shape index (κ1) is 22.5. The maximum atomic E-state index is 12.5. The predicted molar refractivity (Wildman–Crippen MR) is 131 cm³/mol. The van der Waals surface area contributed by atoms with Crippen molar-refractivity contribution in [3.63, 3.8) is 0 Å². The lowest BCUT2D eigenvalue weighted by Gasteiger charge is -2.24. The molecule has 1 aromatic heterocycles. The van der Waals surface area contributed by atoms with Crippen molar-refractivity contribution >= 4 is 20.7 Å². The summed E-state index contributed by atoms with van der Waals surface area (Å²) in [6.07, 6.45) is 3.00. The molecule has 0 aliphatic carbocycles. The summed E-state index contributed by atoms with van der Waals surface area (Å²) in [5.74, 6) is 0.536. The van der Waals surface area contributed by atoms with Gasteiger partial charge in [-0.1, -0.05) is 36.4 Å².